The molecule has 0 atom stereocenters. The van der Waals surface area contributed by atoms with E-state index in [1.54, 1.807) is 4.52 Å². The van der Waals surface area contributed by atoms with E-state index in [9.17, 15) is 4.79 Å². The van der Waals surface area contributed by atoms with E-state index in [0.29, 0.717) is 15.7 Å². The Balaban J connectivity index is 1.84. The molecule has 3 aromatic rings. The second-order valence-electron chi connectivity index (χ2n) is 6.31. The van der Waals surface area contributed by atoms with Crippen LogP contribution in [0.2, 0.25) is 0 Å². The molecule has 0 radical (unpaired) electrons. The quantitative estimate of drug-likeness (QED) is 0.806. The molecule has 0 spiro atoms. The highest BCUT2D eigenvalue weighted by Gasteiger charge is 2.18. The first-order valence-electron chi connectivity index (χ1n) is 6.98. The lowest BCUT2D eigenvalue weighted by Gasteiger charge is -2.20. The molecular formula is C15H17N5OS. The lowest BCUT2D eigenvalue weighted by molar-refractivity contribution is 0.102. The maximum atomic E-state index is 12.5. The number of hydrogen-bond acceptors (Lipinski definition) is 5. The van der Waals surface area contributed by atoms with Gasteiger partial charge in [-0.05, 0) is 23.5 Å². The van der Waals surface area contributed by atoms with Crippen LogP contribution in [-0.4, -0.2) is 25.7 Å². The number of rotatable bonds is 3. The normalized spacial score (nSPS) is 11.8. The second kappa shape index (κ2) is 5.49. The summed E-state index contributed by atoms with van der Waals surface area (Å²) in [6.45, 7) is 6.47. The van der Waals surface area contributed by atoms with Gasteiger partial charge in [0.25, 0.3) is 5.91 Å². The maximum Gasteiger partial charge on any atom is 0.257 e. The summed E-state index contributed by atoms with van der Waals surface area (Å²) >= 11 is 1.29. The average molecular weight is 315 g/mol. The summed E-state index contributed by atoms with van der Waals surface area (Å²) < 4.78 is 1.54. The molecule has 0 aliphatic carbocycles. The van der Waals surface area contributed by atoms with Gasteiger partial charge < -0.3 is 0 Å². The van der Waals surface area contributed by atoms with E-state index in [-0.39, 0.29) is 11.3 Å². The monoisotopic (exact) mass is 315 g/mol. The van der Waals surface area contributed by atoms with Gasteiger partial charge in [0.1, 0.15) is 6.33 Å². The van der Waals surface area contributed by atoms with Crippen LogP contribution in [0.25, 0.3) is 4.96 Å². The summed E-state index contributed by atoms with van der Waals surface area (Å²) in [5.41, 5.74) is 1.84. The molecule has 0 aliphatic heterocycles. The Morgan fingerprint density at radius 3 is 2.82 bits per heavy atom. The van der Waals surface area contributed by atoms with Gasteiger partial charge in [0.2, 0.25) is 10.1 Å². The molecule has 114 valence electrons. The predicted octanol–water partition coefficient (Wildman–Crippen LogP) is 3.03. The molecule has 1 N–H and O–H groups in total. The van der Waals surface area contributed by atoms with Crippen LogP contribution in [0, 0.1) is 5.41 Å². The smallest absolute Gasteiger partial charge is 0.257 e. The minimum absolute atomic E-state index is 0.115. The van der Waals surface area contributed by atoms with E-state index in [1.165, 1.54) is 17.7 Å². The lowest BCUT2D eigenvalue weighted by atomic mass is 9.86. The van der Waals surface area contributed by atoms with Crippen LogP contribution in [-0.2, 0) is 6.42 Å². The van der Waals surface area contributed by atoms with E-state index >= 15 is 0 Å². The van der Waals surface area contributed by atoms with Crippen molar-refractivity contribution in [1.82, 2.24) is 19.8 Å². The van der Waals surface area contributed by atoms with Crippen LogP contribution in [0.15, 0.2) is 30.6 Å². The fraction of sp³-hybridized carbons (Fsp3) is 0.333. The molecule has 1 amide bonds. The molecule has 1 aromatic carbocycles. The summed E-state index contributed by atoms with van der Waals surface area (Å²) in [7, 11) is 0. The highest BCUT2D eigenvalue weighted by Crippen LogP contribution is 2.24. The summed E-state index contributed by atoms with van der Waals surface area (Å²) in [5.74, 6) is -0.148. The van der Waals surface area contributed by atoms with Crippen LogP contribution in [0.3, 0.4) is 0 Å². The second-order valence-corrected chi connectivity index (χ2v) is 7.27. The first kappa shape index (κ1) is 14.6. The Morgan fingerprint density at radius 2 is 2.09 bits per heavy atom. The van der Waals surface area contributed by atoms with Crippen molar-refractivity contribution in [2.75, 3.05) is 5.32 Å². The largest absolute Gasteiger partial charge is 0.296 e. The number of carbonyl (C=O) groups is 1. The van der Waals surface area contributed by atoms with Crippen molar-refractivity contribution >= 4 is 27.3 Å². The first-order valence-corrected chi connectivity index (χ1v) is 7.80. The molecule has 0 aliphatic rings. The van der Waals surface area contributed by atoms with Crippen molar-refractivity contribution in [3.63, 3.8) is 0 Å². The Morgan fingerprint density at radius 1 is 1.32 bits per heavy atom. The third-order valence-electron chi connectivity index (χ3n) is 3.09. The van der Waals surface area contributed by atoms with Gasteiger partial charge in [-0.3, -0.25) is 10.1 Å². The summed E-state index contributed by atoms with van der Waals surface area (Å²) in [4.78, 5) is 13.2. The van der Waals surface area contributed by atoms with Crippen LogP contribution < -0.4 is 5.32 Å². The van der Waals surface area contributed by atoms with Crippen molar-refractivity contribution in [3.8, 4) is 0 Å². The average Bonchev–Trinajstić information content (AvgIpc) is 2.98. The van der Waals surface area contributed by atoms with Gasteiger partial charge >= 0.3 is 0 Å². The number of anilines is 1. The predicted molar refractivity (Wildman–Crippen MR) is 86.2 cm³/mol. The highest BCUT2D eigenvalue weighted by molar-refractivity contribution is 7.20. The van der Waals surface area contributed by atoms with E-state index in [0.717, 1.165) is 12.0 Å². The van der Waals surface area contributed by atoms with Crippen LogP contribution in [0.4, 0.5) is 5.13 Å². The standard InChI is InChI=1S/C15H17N5OS/c1-15(2,3)8-10-6-4-5-7-11(10)12(21)17-13-19-20-9-16-18-14(20)22-13/h4-7,9H,8H2,1-3H3,(H,17,19,21). The number of carbonyl (C=O) groups excluding carboxylic acids is 1. The molecule has 0 saturated carbocycles. The number of nitrogens with zero attached hydrogens (tertiary/aromatic N) is 4. The van der Waals surface area contributed by atoms with Crippen molar-refractivity contribution in [1.29, 1.82) is 0 Å². The van der Waals surface area contributed by atoms with Crippen LogP contribution >= 0.6 is 11.3 Å². The number of aromatic nitrogens is 4. The summed E-state index contributed by atoms with van der Waals surface area (Å²) in [6.07, 6.45) is 2.34. The topological polar surface area (TPSA) is 72.2 Å². The van der Waals surface area contributed by atoms with Gasteiger partial charge in [-0.25, -0.2) is 0 Å². The van der Waals surface area contributed by atoms with E-state index in [4.69, 9.17) is 0 Å². The van der Waals surface area contributed by atoms with Gasteiger partial charge in [0, 0.05) is 5.56 Å². The van der Waals surface area contributed by atoms with Crippen molar-refractivity contribution in [2.24, 2.45) is 5.41 Å². The molecule has 2 heterocycles. The van der Waals surface area contributed by atoms with Gasteiger partial charge in [-0.2, -0.15) is 4.52 Å². The molecule has 3 rings (SSSR count). The molecule has 0 fully saturated rings. The van der Waals surface area contributed by atoms with Gasteiger partial charge in [0.05, 0.1) is 0 Å². The number of fused-ring (bicyclic) bond motifs is 1. The number of benzene rings is 1. The molecule has 7 heteroatoms. The number of nitrogens with one attached hydrogen (secondary N) is 1. The van der Waals surface area contributed by atoms with E-state index < -0.39 is 0 Å². The molecule has 6 nitrogen and oxygen atoms in total. The number of hydrogen-bond donors (Lipinski definition) is 1. The zero-order valence-electron chi connectivity index (χ0n) is 12.7. The zero-order chi connectivity index (χ0) is 15.7. The third kappa shape index (κ3) is 3.14. The minimum atomic E-state index is -0.148. The Bertz CT molecular complexity index is 786. The Kier molecular flexibility index (Phi) is 3.66. The minimum Gasteiger partial charge on any atom is -0.296 e. The van der Waals surface area contributed by atoms with Crippen molar-refractivity contribution < 1.29 is 4.79 Å². The number of amides is 1. The van der Waals surface area contributed by atoms with Crippen LogP contribution in [0.1, 0.15) is 36.7 Å². The fourth-order valence-electron chi connectivity index (χ4n) is 2.24. The summed E-state index contributed by atoms with van der Waals surface area (Å²) in [6, 6.07) is 7.68. The van der Waals surface area contributed by atoms with Gasteiger partial charge in [-0.15, -0.1) is 15.3 Å². The molecular weight excluding hydrogens is 298 g/mol. The lowest BCUT2D eigenvalue weighted by Crippen LogP contribution is -2.17. The SMILES string of the molecule is CC(C)(C)Cc1ccccc1C(=O)Nc1nn2cnnc2s1. The van der Waals surface area contributed by atoms with Gasteiger partial charge in [0.15, 0.2) is 0 Å². The molecule has 2 aromatic heterocycles. The van der Waals surface area contributed by atoms with Gasteiger partial charge in [-0.1, -0.05) is 50.3 Å². The highest BCUT2D eigenvalue weighted by atomic mass is 32.1. The van der Waals surface area contributed by atoms with Crippen LogP contribution in [0.5, 0.6) is 0 Å². The summed E-state index contributed by atoms with van der Waals surface area (Å²) in [5, 5.41) is 15.2. The zero-order valence-corrected chi connectivity index (χ0v) is 13.5. The van der Waals surface area contributed by atoms with Crippen molar-refractivity contribution in [2.45, 2.75) is 27.2 Å². The van der Waals surface area contributed by atoms with E-state index in [2.05, 4.69) is 41.4 Å². The molecule has 0 saturated heterocycles. The Labute approximate surface area is 132 Å². The Hall–Kier alpha value is -2.28. The molecule has 0 unspecified atom stereocenters. The van der Waals surface area contributed by atoms with E-state index in [1.807, 2.05) is 24.3 Å². The maximum absolute atomic E-state index is 12.5. The molecule has 22 heavy (non-hydrogen) atoms. The third-order valence-corrected chi connectivity index (χ3v) is 3.92. The first-order chi connectivity index (χ1) is 10.4. The molecule has 0 bridgehead atoms. The van der Waals surface area contributed by atoms with Crippen molar-refractivity contribution in [3.05, 3.63) is 41.7 Å². The fourth-order valence-corrected chi connectivity index (χ4v) is 2.96.